The number of hydrogen-bond acceptors (Lipinski definition) is 6. The van der Waals surface area contributed by atoms with E-state index in [4.69, 9.17) is 18.9 Å². The molecule has 2 aliphatic heterocycles. The fourth-order valence-electron chi connectivity index (χ4n) is 4.04. The van der Waals surface area contributed by atoms with Crippen LogP contribution in [-0.4, -0.2) is 56.9 Å². The van der Waals surface area contributed by atoms with Gasteiger partial charge in [0.15, 0.2) is 23.0 Å². The standard InChI is InChI=1S/C25H32N2O5/c1-17(2)25(18-9-10-21-23(13-18)30-12-6-11-29-21)26-24(28)15-27(3)14-19-16-31-20-7-4-5-8-22(20)32-19/h4-5,7-10,13,17,19,25H,6,11-12,14-16H2,1-3H3,(H,26,28). The lowest BCUT2D eigenvalue weighted by atomic mass is 9.95. The maximum absolute atomic E-state index is 12.8. The zero-order valence-corrected chi connectivity index (χ0v) is 19.0. The van der Waals surface area contributed by atoms with E-state index in [1.807, 2.05) is 54.4 Å². The smallest absolute Gasteiger partial charge is 0.234 e. The van der Waals surface area contributed by atoms with Crippen LogP contribution in [0, 0.1) is 5.92 Å². The van der Waals surface area contributed by atoms with Crippen molar-refractivity contribution in [2.24, 2.45) is 5.92 Å². The Labute approximate surface area is 189 Å². The Morgan fingerprint density at radius 3 is 2.53 bits per heavy atom. The normalized spacial score (nSPS) is 18.2. The van der Waals surface area contributed by atoms with Gasteiger partial charge in [0.25, 0.3) is 0 Å². The van der Waals surface area contributed by atoms with Gasteiger partial charge < -0.3 is 24.3 Å². The summed E-state index contributed by atoms with van der Waals surface area (Å²) in [7, 11) is 1.92. The van der Waals surface area contributed by atoms with E-state index in [1.165, 1.54) is 0 Å². The van der Waals surface area contributed by atoms with Gasteiger partial charge in [-0.1, -0.05) is 32.0 Å². The topological polar surface area (TPSA) is 69.3 Å². The number of nitrogens with zero attached hydrogens (tertiary/aromatic N) is 1. The molecule has 32 heavy (non-hydrogen) atoms. The van der Waals surface area contributed by atoms with Gasteiger partial charge in [0, 0.05) is 13.0 Å². The maximum Gasteiger partial charge on any atom is 0.234 e. The number of benzene rings is 2. The number of carbonyl (C=O) groups excluding carboxylic acids is 1. The quantitative estimate of drug-likeness (QED) is 0.712. The molecule has 7 nitrogen and oxygen atoms in total. The summed E-state index contributed by atoms with van der Waals surface area (Å²) in [5.41, 5.74) is 1.01. The lowest BCUT2D eigenvalue weighted by Gasteiger charge is -2.30. The molecule has 0 spiro atoms. The summed E-state index contributed by atoms with van der Waals surface area (Å²) in [5.74, 6) is 3.20. The van der Waals surface area contributed by atoms with E-state index in [-0.39, 0.29) is 30.5 Å². The molecule has 2 aliphatic rings. The van der Waals surface area contributed by atoms with Gasteiger partial charge in [-0.15, -0.1) is 0 Å². The van der Waals surface area contributed by atoms with Crippen molar-refractivity contribution in [3.63, 3.8) is 0 Å². The van der Waals surface area contributed by atoms with Crippen molar-refractivity contribution in [2.45, 2.75) is 32.4 Å². The van der Waals surface area contributed by atoms with Gasteiger partial charge in [-0.05, 0) is 42.8 Å². The molecule has 0 saturated heterocycles. The first-order valence-electron chi connectivity index (χ1n) is 11.3. The fourth-order valence-corrected chi connectivity index (χ4v) is 4.04. The molecular weight excluding hydrogens is 408 g/mol. The number of amides is 1. The molecule has 1 amide bonds. The van der Waals surface area contributed by atoms with Gasteiger partial charge in [-0.25, -0.2) is 0 Å². The van der Waals surface area contributed by atoms with E-state index in [0.717, 1.165) is 35.0 Å². The van der Waals surface area contributed by atoms with Crippen molar-refractivity contribution in [1.29, 1.82) is 0 Å². The highest BCUT2D eigenvalue weighted by Gasteiger charge is 2.25. The van der Waals surface area contributed by atoms with Crippen LogP contribution < -0.4 is 24.3 Å². The minimum atomic E-state index is -0.120. The van der Waals surface area contributed by atoms with Crippen LogP contribution in [-0.2, 0) is 4.79 Å². The van der Waals surface area contributed by atoms with E-state index >= 15 is 0 Å². The van der Waals surface area contributed by atoms with Gasteiger partial charge in [0.2, 0.25) is 5.91 Å². The zero-order chi connectivity index (χ0) is 22.5. The van der Waals surface area contributed by atoms with E-state index in [9.17, 15) is 4.79 Å². The number of para-hydroxylation sites is 2. The molecule has 0 aromatic heterocycles. The van der Waals surface area contributed by atoms with Crippen LogP contribution in [0.5, 0.6) is 23.0 Å². The van der Waals surface area contributed by atoms with E-state index in [1.54, 1.807) is 0 Å². The summed E-state index contributed by atoms with van der Waals surface area (Å²) in [6, 6.07) is 13.5. The van der Waals surface area contributed by atoms with Crippen molar-refractivity contribution in [2.75, 3.05) is 40.0 Å². The summed E-state index contributed by atoms with van der Waals surface area (Å²) in [6.45, 7) is 6.83. The second-order valence-electron chi connectivity index (χ2n) is 8.74. The summed E-state index contributed by atoms with van der Waals surface area (Å²) in [4.78, 5) is 14.8. The molecule has 172 valence electrons. The van der Waals surface area contributed by atoms with Gasteiger partial charge in [-0.3, -0.25) is 9.69 Å². The Morgan fingerprint density at radius 2 is 1.75 bits per heavy atom. The van der Waals surface area contributed by atoms with Crippen LogP contribution in [0.2, 0.25) is 0 Å². The Balaban J connectivity index is 1.34. The molecular formula is C25H32N2O5. The highest BCUT2D eigenvalue weighted by atomic mass is 16.6. The number of nitrogens with one attached hydrogen (secondary N) is 1. The Hall–Kier alpha value is -2.93. The maximum atomic E-state index is 12.8. The monoisotopic (exact) mass is 440 g/mol. The molecule has 0 saturated carbocycles. The van der Waals surface area contributed by atoms with Crippen LogP contribution >= 0.6 is 0 Å². The second-order valence-corrected chi connectivity index (χ2v) is 8.74. The number of rotatable bonds is 7. The third kappa shape index (κ3) is 5.46. The van der Waals surface area contributed by atoms with E-state index in [2.05, 4.69) is 19.2 Å². The van der Waals surface area contributed by atoms with Crippen LogP contribution in [0.15, 0.2) is 42.5 Å². The number of ether oxygens (including phenoxy) is 4. The first-order chi connectivity index (χ1) is 15.5. The van der Waals surface area contributed by atoms with Crippen LogP contribution in [0.1, 0.15) is 31.9 Å². The first kappa shape index (κ1) is 22.3. The Bertz CT molecular complexity index is 932. The number of likely N-dealkylation sites (N-methyl/N-ethyl adjacent to an activating group) is 1. The van der Waals surface area contributed by atoms with Crippen LogP contribution in [0.3, 0.4) is 0 Å². The third-order valence-electron chi connectivity index (χ3n) is 5.61. The molecule has 0 radical (unpaired) electrons. The minimum absolute atomic E-state index is 0.0320. The molecule has 7 heteroatoms. The Kier molecular flexibility index (Phi) is 7.05. The number of hydrogen-bond donors (Lipinski definition) is 1. The SMILES string of the molecule is CC(C)C(NC(=O)CN(C)CC1COc2ccccc2O1)c1ccc2c(c1)OCCCO2. The highest BCUT2D eigenvalue weighted by molar-refractivity contribution is 5.78. The molecule has 2 heterocycles. The van der Waals surface area contributed by atoms with Gasteiger partial charge in [0.1, 0.15) is 12.7 Å². The van der Waals surface area contributed by atoms with Crippen molar-refractivity contribution >= 4 is 5.91 Å². The van der Waals surface area contributed by atoms with Gasteiger partial charge >= 0.3 is 0 Å². The summed E-state index contributed by atoms with van der Waals surface area (Å²) >= 11 is 0. The predicted molar refractivity (Wildman–Crippen MR) is 122 cm³/mol. The van der Waals surface area contributed by atoms with E-state index in [0.29, 0.717) is 26.4 Å². The van der Waals surface area contributed by atoms with Gasteiger partial charge in [0.05, 0.1) is 25.8 Å². The molecule has 1 N–H and O–H groups in total. The van der Waals surface area contributed by atoms with Crippen LogP contribution in [0.25, 0.3) is 0 Å². The summed E-state index contributed by atoms with van der Waals surface area (Å²) in [6.07, 6.45) is 0.743. The van der Waals surface area contributed by atoms with Crippen molar-refractivity contribution in [3.8, 4) is 23.0 Å². The molecule has 0 fully saturated rings. The number of fused-ring (bicyclic) bond motifs is 2. The lowest BCUT2D eigenvalue weighted by Crippen LogP contribution is -2.44. The third-order valence-corrected chi connectivity index (χ3v) is 5.61. The summed E-state index contributed by atoms with van der Waals surface area (Å²) in [5, 5.41) is 3.19. The molecule has 2 unspecified atom stereocenters. The zero-order valence-electron chi connectivity index (χ0n) is 19.0. The number of carbonyl (C=O) groups is 1. The fraction of sp³-hybridized carbons (Fsp3) is 0.480. The molecule has 2 aromatic carbocycles. The predicted octanol–water partition coefficient (Wildman–Crippen LogP) is 3.43. The van der Waals surface area contributed by atoms with Crippen molar-refractivity contribution in [1.82, 2.24) is 10.2 Å². The molecule has 0 aliphatic carbocycles. The Morgan fingerprint density at radius 1 is 1.03 bits per heavy atom. The van der Waals surface area contributed by atoms with Gasteiger partial charge in [-0.2, -0.15) is 0 Å². The summed E-state index contributed by atoms with van der Waals surface area (Å²) < 4.78 is 23.3. The largest absolute Gasteiger partial charge is 0.490 e. The van der Waals surface area contributed by atoms with E-state index < -0.39 is 0 Å². The highest BCUT2D eigenvalue weighted by Crippen LogP contribution is 2.34. The minimum Gasteiger partial charge on any atom is -0.490 e. The molecule has 4 rings (SSSR count). The van der Waals surface area contributed by atoms with Crippen molar-refractivity contribution in [3.05, 3.63) is 48.0 Å². The van der Waals surface area contributed by atoms with Crippen molar-refractivity contribution < 1.29 is 23.7 Å². The second kappa shape index (κ2) is 10.1. The molecule has 0 bridgehead atoms. The molecule has 2 aromatic rings. The average Bonchev–Trinajstić information content (AvgIpc) is 3.02. The van der Waals surface area contributed by atoms with Crippen LogP contribution in [0.4, 0.5) is 0 Å². The first-order valence-corrected chi connectivity index (χ1v) is 11.3. The molecule has 2 atom stereocenters. The lowest BCUT2D eigenvalue weighted by molar-refractivity contribution is -0.123. The average molecular weight is 441 g/mol.